The van der Waals surface area contributed by atoms with Crippen molar-refractivity contribution in [2.45, 2.75) is 89.0 Å². The van der Waals surface area contributed by atoms with E-state index in [1.165, 1.54) is 13.8 Å². The van der Waals surface area contributed by atoms with Crippen molar-refractivity contribution in [3.05, 3.63) is 90.1 Å². The van der Waals surface area contributed by atoms with Crippen LogP contribution in [0.25, 0.3) is 11.3 Å². The zero-order valence-electron chi connectivity index (χ0n) is 28.8. The molecule has 3 rings (SSSR count). The molecule has 0 radical (unpaired) electrons. The minimum Gasteiger partial charge on any atom is -0.465 e. The number of aliphatic hydroxyl groups is 2. The zero-order chi connectivity index (χ0) is 36.6. The van der Waals surface area contributed by atoms with Gasteiger partial charge < -0.3 is 31.3 Å². The molecule has 12 nitrogen and oxygen atoms in total. The number of aliphatic hydroxyl groups excluding tert-OH is 2. The number of nitrogens with zero attached hydrogens (tertiary/aromatic N) is 1. The molecule has 6 N–H and O–H groups in total. The SMILES string of the molecule is CC(C)(C)[C@H](NC(=O)O)C(=O)N[C@@H](Cc1ccc(-c2ccccn2)cc1)C[C@H](O)[C@H](Cc1ccccc1)NC(=O)[C@@H](O)C(C)(C)S(C)(=O)=O. The van der Waals surface area contributed by atoms with Crippen molar-refractivity contribution in [2.75, 3.05) is 6.26 Å². The molecule has 0 aliphatic carbocycles. The largest absolute Gasteiger partial charge is 0.465 e. The van der Waals surface area contributed by atoms with Crippen LogP contribution in [0.5, 0.6) is 0 Å². The average Bonchev–Trinajstić information content (AvgIpc) is 3.02. The van der Waals surface area contributed by atoms with Crippen molar-refractivity contribution >= 4 is 27.7 Å². The minimum atomic E-state index is -3.85. The second kappa shape index (κ2) is 16.4. The molecule has 0 aliphatic rings. The molecule has 0 aliphatic heterocycles. The van der Waals surface area contributed by atoms with Crippen LogP contribution in [0.1, 0.15) is 52.2 Å². The van der Waals surface area contributed by atoms with E-state index in [1.54, 1.807) is 51.2 Å². The Bertz CT molecular complexity index is 1660. The lowest BCUT2D eigenvalue weighted by molar-refractivity contribution is -0.132. The molecule has 3 aromatic rings. The van der Waals surface area contributed by atoms with Crippen LogP contribution in [0.2, 0.25) is 0 Å². The minimum absolute atomic E-state index is 0.0823. The maximum absolute atomic E-state index is 13.6. The van der Waals surface area contributed by atoms with Crippen molar-refractivity contribution in [1.29, 1.82) is 0 Å². The number of nitrogens with one attached hydrogen (secondary N) is 3. The van der Waals surface area contributed by atoms with Gasteiger partial charge in [-0.1, -0.05) is 81.4 Å². The summed E-state index contributed by atoms with van der Waals surface area (Å²) in [4.78, 5) is 42.8. The number of amides is 3. The normalized spacial score (nSPS) is 15.3. The highest BCUT2D eigenvalue weighted by Crippen LogP contribution is 2.24. The van der Waals surface area contributed by atoms with Gasteiger partial charge in [-0.3, -0.25) is 14.6 Å². The number of benzene rings is 2. The van der Waals surface area contributed by atoms with E-state index >= 15 is 0 Å². The van der Waals surface area contributed by atoms with Gasteiger partial charge in [0.15, 0.2) is 15.9 Å². The molecule has 0 spiro atoms. The predicted octanol–water partition coefficient (Wildman–Crippen LogP) is 3.12. The molecule has 0 unspecified atom stereocenters. The Labute approximate surface area is 288 Å². The number of carbonyl (C=O) groups excluding carboxylic acids is 2. The Morgan fingerprint density at radius 3 is 1.90 bits per heavy atom. The fourth-order valence-electron chi connectivity index (χ4n) is 5.29. The molecule has 0 saturated heterocycles. The van der Waals surface area contributed by atoms with Crippen molar-refractivity contribution in [3.63, 3.8) is 0 Å². The number of hydrogen-bond acceptors (Lipinski definition) is 8. The van der Waals surface area contributed by atoms with Gasteiger partial charge in [-0.15, -0.1) is 0 Å². The van der Waals surface area contributed by atoms with Crippen molar-refractivity contribution in [3.8, 4) is 11.3 Å². The van der Waals surface area contributed by atoms with Gasteiger partial charge in [0.25, 0.3) is 5.91 Å². The Kier molecular flexibility index (Phi) is 13.1. The van der Waals surface area contributed by atoms with Gasteiger partial charge in [-0.25, -0.2) is 13.2 Å². The van der Waals surface area contributed by atoms with E-state index in [2.05, 4.69) is 20.9 Å². The van der Waals surface area contributed by atoms with Crippen LogP contribution < -0.4 is 16.0 Å². The molecule has 3 amide bonds. The van der Waals surface area contributed by atoms with Crippen molar-refractivity contribution < 1.29 is 38.1 Å². The molecular formula is C36H48N4O8S. The maximum atomic E-state index is 13.6. The summed E-state index contributed by atoms with van der Waals surface area (Å²) in [5.74, 6) is -1.56. The molecular weight excluding hydrogens is 648 g/mol. The standard InChI is InChI=1S/C36H48N4O8S/c1-35(2,3)30(40-34(45)46)32(43)38-26(20-24-15-17-25(18-16-24)27-14-10-11-19-37-27)22-29(41)28(21-23-12-8-7-9-13-23)39-33(44)31(42)36(4,5)49(6,47)48/h7-19,26,28-31,40-42H,20-22H2,1-6H3,(H,38,43)(H,39,44)(H,45,46)/t26-,28-,29-,30+,31+/m0/s1. The van der Waals surface area contributed by atoms with E-state index < -0.39 is 68.2 Å². The quantitative estimate of drug-likeness (QED) is 0.138. The second-order valence-corrected chi connectivity index (χ2v) is 16.6. The summed E-state index contributed by atoms with van der Waals surface area (Å²) in [6.45, 7) is 7.67. The number of aromatic nitrogens is 1. The lowest BCUT2D eigenvalue weighted by atomic mass is 9.85. The van der Waals surface area contributed by atoms with Gasteiger partial charge in [0.1, 0.15) is 10.8 Å². The van der Waals surface area contributed by atoms with Crippen LogP contribution in [0, 0.1) is 5.41 Å². The number of rotatable bonds is 15. The van der Waals surface area contributed by atoms with Crippen LogP contribution in [-0.2, 0) is 32.3 Å². The van der Waals surface area contributed by atoms with E-state index in [0.29, 0.717) is 0 Å². The summed E-state index contributed by atoms with van der Waals surface area (Å²) in [7, 11) is -3.85. The first-order chi connectivity index (χ1) is 22.8. The van der Waals surface area contributed by atoms with Crippen molar-refractivity contribution in [1.82, 2.24) is 20.9 Å². The van der Waals surface area contributed by atoms with Gasteiger partial charge in [0, 0.05) is 24.1 Å². The fourth-order valence-corrected chi connectivity index (χ4v) is 5.81. The lowest BCUT2D eigenvalue weighted by Gasteiger charge is -2.34. The summed E-state index contributed by atoms with van der Waals surface area (Å²) < 4.78 is 22.9. The Morgan fingerprint density at radius 1 is 0.776 bits per heavy atom. The Balaban J connectivity index is 1.94. The molecule has 1 heterocycles. The third-order valence-corrected chi connectivity index (χ3v) is 10.8. The topological polar surface area (TPSA) is 195 Å². The first-order valence-electron chi connectivity index (χ1n) is 16.0. The number of pyridine rings is 1. The zero-order valence-corrected chi connectivity index (χ0v) is 29.6. The highest BCUT2D eigenvalue weighted by atomic mass is 32.2. The molecule has 5 atom stereocenters. The monoisotopic (exact) mass is 696 g/mol. The second-order valence-electron chi connectivity index (χ2n) is 14.0. The highest BCUT2D eigenvalue weighted by molar-refractivity contribution is 7.92. The molecule has 0 saturated carbocycles. The molecule has 49 heavy (non-hydrogen) atoms. The molecule has 2 aromatic carbocycles. The average molecular weight is 697 g/mol. The summed E-state index contributed by atoms with van der Waals surface area (Å²) >= 11 is 0. The molecule has 0 fully saturated rings. The molecule has 13 heteroatoms. The number of sulfone groups is 1. The molecule has 0 bridgehead atoms. The third-order valence-electron chi connectivity index (χ3n) is 8.62. The summed E-state index contributed by atoms with van der Waals surface area (Å²) in [5.41, 5.74) is 2.44. The van der Waals surface area contributed by atoms with E-state index in [4.69, 9.17) is 0 Å². The molecule has 1 aromatic heterocycles. The van der Waals surface area contributed by atoms with E-state index in [0.717, 1.165) is 28.6 Å². The smallest absolute Gasteiger partial charge is 0.405 e. The molecule has 266 valence electrons. The highest BCUT2D eigenvalue weighted by Gasteiger charge is 2.43. The first kappa shape index (κ1) is 39.1. The van der Waals surface area contributed by atoms with E-state index in [1.807, 2.05) is 48.5 Å². The first-order valence-corrected chi connectivity index (χ1v) is 17.9. The maximum Gasteiger partial charge on any atom is 0.405 e. The number of carbonyl (C=O) groups is 3. The van der Waals surface area contributed by atoms with Gasteiger partial charge in [-0.2, -0.15) is 0 Å². The van der Waals surface area contributed by atoms with Gasteiger partial charge in [-0.05, 0) is 61.8 Å². The van der Waals surface area contributed by atoms with Crippen LogP contribution >= 0.6 is 0 Å². The third kappa shape index (κ3) is 11.1. The van der Waals surface area contributed by atoms with Gasteiger partial charge in [0.2, 0.25) is 5.91 Å². The van der Waals surface area contributed by atoms with E-state index in [-0.39, 0.29) is 19.3 Å². The van der Waals surface area contributed by atoms with Crippen molar-refractivity contribution in [2.24, 2.45) is 5.41 Å². The number of carboxylic acid groups (broad SMARTS) is 1. The summed E-state index contributed by atoms with van der Waals surface area (Å²) in [6.07, 6.45) is -1.68. The van der Waals surface area contributed by atoms with Crippen LogP contribution in [0.4, 0.5) is 4.79 Å². The summed E-state index contributed by atoms with van der Waals surface area (Å²) in [5, 5.41) is 39.8. The number of hydrogen-bond donors (Lipinski definition) is 6. The van der Waals surface area contributed by atoms with Crippen LogP contribution in [0.3, 0.4) is 0 Å². The van der Waals surface area contributed by atoms with E-state index in [9.17, 15) is 38.1 Å². The predicted molar refractivity (Wildman–Crippen MR) is 187 cm³/mol. The van der Waals surface area contributed by atoms with Gasteiger partial charge in [0.05, 0.1) is 17.8 Å². The lowest BCUT2D eigenvalue weighted by Crippen LogP contribution is -2.58. The fraction of sp³-hybridized carbons (Fsp3) is 0.444. The van der Waals surface area contributed by atoms with Crippen LogP contribution in [0.15, 0.2) is 79.0 Å². The Morgan fingerprint density at radius 2 is 1.37 bits per heavy atom. The van der Waals surface area contributed by atoms with Crippen LogP contribution in [-0.4, -0.2) is 88.0 Å². The van der Waals surface area contributed by atoms with Gasteiger partial charge >= 0.3 is 6.09 Å². The summed E-state index contributed by atoms with van der Waals surface area (Å²) in [6, 6.07) is 19.3. The Hall–Kier alpha value is -4.33.